The highest BCUT2D eigenvalue weighted by Crippen LogP contribution is 2.26. The molecule has 2 N–H and O–H groups in total. The summed E-state index contributed by atoms with van der Waals surface area (Å²) in [5.41, 5.74) is 7.76. The third-order valence-corrected chi connectivity index (χ3v) is 4.00. The summed E-state index contributed by atoms with van der Waals surface area (Å²) >= 11 is 6.02. The van der Waals surface area contributed by atoms with Crippen LogP contribution < -0.4 is 10.5 Å². The van der Waals surface area contributed by atoms with Crippen molar-refractivity contribution in [1.29, 1.82) is 0 Å². The van der Waals surface area contributed by atoms with Gasteiger partial charge >= 0.3 is 0 Å². The maximum absolute atomic E-state index is 13.5. The molecule has 4 heteroatoms. The van der Waals surface area contributed by atoms with Gasteiger partial charge < -0.3 is 10.5 Å². The summed E-state index contributed by atoms with van der Waals surface area (Å²) in [5, 5.41) is 0.191. The maximum atomic E-state index is 13.5. The molecule has 1 unspecified atom stereocenters. The van der Waals surface area contributed by atoms with Crippen LogP contribution in [0.4, 0.5) is 4.39 Å². The second kappa shape index (κ2) is 7.43. The van der Waals surface area contributed by atoms with Gasteiger partial charge in [-0.3, -0.25) is 0 Å². The minimum atomic E-state index is -0.387. The minimum absolute atomic E-state index is 0.181. The molecular weight excluding hydrogens is 289 g/mol. The third-order valence-electron chi connectivity index (χ3n) is 3.57. The molecular formula is C17H19ClFNO. The fourth-order valence-corrected chi connectivity index (χ4v) is 2.64. The SMILES string of the molecule is COc1ccccc1CC(CN)Cc1cccc(F)c1Cl. The minimum Gasteiger partial charge on any atom is -0.496 e. The Morgan fingerprint density at radius 3 is 2.48 bits per heavy atom. The lowest BCUT2D eigenvalue weighted by Gasteiger charge is -2.17. The van der Waals surface area contributed by atoms with Gasteiger partial charge in [-0.1, -0.05) is 41.9 Å². The van der Waals surface area contributed by atoms with Crippen molar-refractivity contribution >= 4 is 11.6 Å². The number of rotatable bonds is 6. The van der Waals surface area contributed by atoms with Gasteiger partial charge in [0, 0.05) is 0 Å². The number of methoxy groups -OCH3 is 1. The van der Waals surface area contributed by atoms with Crippen LogP contribution in [0.2, 0.25) is 5.02 Å². The lowest BCUT2D eigenvalue weighted by molar-refractivity contribution is 0.404. The number of para-hydroxylation sites is 1. The highest BCUT2D eigenvalue weighted by molar-refractivity contribution is 6.31. The van der Waals surface area contributed by atoms with Gasteiger partial charge in [-0.25, -0.2) is 4.39 Å². The molecule has 0 spiro atoms. The first-order valence-corrected chi connectivity index (χ1v) is 7.28. The van der Waals surface area contributed by atoms with Crippen molar-refractivity contribution in [2.45, 2.75) is 12.8 Å². The zero-order valence-corrected chi connectivity index (χ0v) is 12.7. The summed E-state index contributed by atoms with van der Waals surface area (Å²) in [6, 6.07) is 12.7. The van der Waals surface area contributed by atoms with Gasteiger partial charge in [-0.15, -0.1) is 0 Å². The third kappa shape index (κ3) is 3.96. The Bertz CT molecular complexity index is 603. The Morgan fingerprint density at radius 2 is 1.76 bits per heavy atom. The van der Waals surface area contributed by atoms with Gasteiger partial charge in [-0.2, -0.15) is 0 Å². The van der Waals surface area contributed by atoms with E-state index in [1.807, 2.05) is 30.3 Å². The van der Waals surface area contributed by atoms with Crippen LogP contribution in [-0.2, 0) is 12.8 Å². The molecule has 0 saturated heterocycles. The summed E-state index contributed by atoms with van der Waals surface area (Å²) in [5.74, 6) is 0.643. The molecule has 0 aromatic heterocycles. The molecule has 21 heavy (non-hydrogen) atoms. The van der Waals surface area contributed by atoms with Crippen LogP contribution in [0.3, 0.4) is 0 Å². The molecule has 0 radical (unpaired) electrons. The molecule has 112 valence electrons. The molecule has 0 aliphatic carbocycles. The number of hydrogen-bond acceptors (Lipinski definition) is 2. The number of ether oxygens (including phenoxy) is 1. The van der Waals surface area contributed by atoms with Gasteiger partial charge in [-0.05, 0) is 48.6 Å². The van der Waals surface area contributed by atoms with Crippen LogP contribution >= 0.6 is 11.6 Å². The fourth-order valence-electron chi connectivity index (χ4n) is 2.44. The summed E-state index contributed by atoms with van der Waals surface area (Å²) in [6.45, 7) is 0.505. The van der Waals surface area contributed by atoms with Crippen molar-refractivity contribution in [3.63, 3.8) is 0 Å². The van der Waals surface area contributed by atoms with Gasteiger partial charge in [0.2, 0.25) is 0 Å². The van der Waals surface area contributed by atoms with Gasteiger partial charge in [0.05, 0.1) is 12.1 Å². The van der Waals surface area contributed by atoms with E-state index in [4.69, 9.17) is 22.1 Å². The number of hydrogen-bond donors (Lipinski definition) is 1. The van der Waals surface area contributed by atoms with Gasteiger partial charge in [0.1, 0.15) is 11.6 Å². The van der Waals surface area contributed by atoms with E-state index >= 15 is 0 Å². The first kappa shape index (κ1) is 15.8. The fraction of sp³-hybridized carbons (Fsp3) is 0.294. The van der Waals surface area contributed by atoms with Crippen molar-refractivity contribution in [2.24, 2.45) is 11.7 Å². The Kier molecular flexibility index (Phi) is 5.59. The van der Waals surface area contributed by atoms with Crippen molar-refractivity contribution in [3.05, 3.63) is 64.4 Å². The van der Waals surface area contributed by atoms with E-state index in [2.05, 4.69) is 0 Å². The van der Waals surface area contributed by atoms with Crippen LogP contribution in [0.1, 0.15) is 11.1 Å². The highest BCUT2D eigenvalue weighted by Gasteiger charge is 2.15. The first-order chi connectivity index (χ1) is 10.2. The lowest BCUT2D eigenvalue weighted by atomic mass is 9.92. The Hall–Kier alpha value is -1.58. The number of halogens is 2. The molecule has 2 aromatic rings. The number of benzene rings is 2. The topological polar surface area (TPSA) is 35.2 Å². The Balaban J connectivity index is 2.15. The normalized spacial score (nSPS) is 12.2. The molecule has 2 nitrogen and oxygen atoms in total. The first-order valence-electron chi connectivity index (χ1n) is 6.90. The van der Waals surface area contributed by atoms with E-state index in [9.17, 15) is 4.39 Å². The van der Waals surface area contributed by atoms with Crippen LogP contribution in [0.5, 0.6) is 5.75 Å². The Morgan fingerprint density at radius 1 is 1.10 bits per heavy atom. The molecule has 0 amide bonds. The van der Waals surface area contributed by atoms with Crippen LogP contribution in [0, 0.1) is 11.7 Å². The molecule has 0 fully saturated rings. The molecule has 2 rings (SSSR count). The molecule has 0 saturated carbocycles. The summed E-state index contributed by atoms with van der Waals surface area (Å²) in [4.78, 5) is 0. The molecule has 2 aromatic carbocycles. The van der Waals surface area contributed by atoms with E-state index in [1.165, 1.54) is 6.07 Å². The molecule has 0 aliphatic rings. The summed E-state index contributed by atoms with van der Waals surface area (Å²) < 4.78 is 18.9. The summed E-state index contributed by atoms with van der Waals surface area (Å²) in [6.07, 6.45) is 1.42. The largest absolute Gasteiger partial charge is 0.496 e. The standard InChI is InChI=1S/C17H19ClFNO/c1-21-16-8-3-2-5-13(16)9-12(11-20)10-14-6-4-7-15(19)17(14)18/h2-8,12H,9-11,20H2,1H3. The highest BCUT2D eigenvalue weighted by atomic mass is 35.5. The summed E-state index contributed by atoms with van der Waals surface area (Å²) in [7, 11) is 1.65. The van der Waals surface area contributed by atoms with Crippen molar-refractivity contribution in [2.75, 3.05) is 13.7 Å². The second-order valence-electron chi connectivity index (χ2n) is 5.03. The smallest absolute Gasteiger partial charge is 0.142 e. The molecule has 1 atom stereocenters. The zero-order valence-electron chi connectivity index (χ0n) is 12.0. The van der Waals surface area contributed by atoms with Crippen molar-refractivity contribution in [1.82, 2.24) is 0 Å². The molecule has 0 heterocycles. The predicted molar refractivity (Wildman–Crippen MR) is 84.4 cm³/mol. The van der Waals surface area contributed by atoms with E-state index in [-0.39, 0.29) is 16.8 Å². The van der Waals surface area contributed by atoms with Crippen molar-refractivity contribution in [3.8, 4) is 5.75 Å². The Labute approximate surface area is 129 Å². The maximum Gasteiger partial charge on any atom is 0.142 e. The van der Waals surface area contributed by atoms with E-state index < -0.39 is 0 Å². The van der Waals surface area contributed by atoms with E-state index in [0.29, 0.717) is 13.0 Å². The lowest BCUT2D eigenvalue weighted by Crippen LogP contribution is -2.20. The van der Waals surface area contributed by atoms with Crippen LogP contribution in [0.15, 0.2) is 42.5 Å². The van der Waals surface area contributed by atoms with Gasteiger partial charge in [0.25, 0.3) is 0 Å². The van der Waals surface area contributed by atoms with Crippen LogP contribution in [0.25, 0.3) is 0 Å². The van der Waals surface area contributed by atoms with Crippen molar-refractivity contribution < 1.29 is 9.13 Å². The van der Waals surface area contributed by atoms with E-state index in [1.54, 1.807) is 13.2 Å². The molecule has 0 aliphatic heterocycles. The monoisotopic (exact) mass is 307 g/mol. The average Bonchev–Trinajstić information content (AvgIpc) is 2.51. The molecule has 0 bridgehead atoms. The van der Waals surface area contributed by atoms with E-state index in [0.717, 1.165) is 23.3 Å². The van der Waals surface area contributed by atoms with Gasteiger partial charge in [0.15, 0.2) is 0 Å². The predicted octanol–water partition coefficient (Wildman–Crippen LogP) is 3.85. The number of nitrogens with two attached hydrogens (primary N) is 1. The van der Waals surface area contributed by atoms with Crippen LogP contribution in [-0.4, -0.2) is 13.7 Å². The second-order valence-corrected chi connectivity index (χ2v) is 5.41. The average molecular weight is 308 g/mol. The quantitative estimate of drug-likeness (QED) is 0.880. The zero-order chi connectivity index (χ0) is 15.2.